The first-order chi connectivity index (χ1) is 13.2. The third kappa shape index (κ3) is 5.22. The molecule has 1 aromatic carbocycles. The first kappa shape index (κ1) is 19.2. The maximum absolute atomic E-state index is 12.8. The fourth-order valence-corrected chi connectivity index (χ4v) is 3.48. The number of aromatic nitrogens is 1. The van der Waals surface area contributed by atoms with Crippen LogP contribution in [0.2, 0.25) is 0 Å². The molecule has 1 fully saturated rings. The summed E-state index contributed by atoms with van der Waals surface area (Å²) in [5, 5.41) is 3.23. The lowest BCUT2D eigenvalue weighted by atomic mass is 10.0. The van der Waals surface area contributed by atoms with Gasteiger partial charge in [-0.1, -0.05) is 43.5 Å². The van der Waals surface area contributed by atoms with Crippen LogP contribution in [0, 0.1) is 6.92 Å². The van der Waals surface area contributed by atoms with Gasteiger partial charge in [0, 0.05) is 44.3 Å². The molecule has 5 heteroatoms. The third-order valence-electron chi connectivity index (χ3n) is 5.20. The van der Waals surface area contributed by atoms with E-state index in [1.54, 1.807) is 6.20 Å². The molecule has 0 spiro atoms. The lowest BCUT2D eigenvalue weighted by molar-refractivity contribution is 0.189. The number of carbonyl (C=O) groups is 1. The molecule has 0 bridgehead atoms. The van der Waals surface area contributed by atoms with Crippen molar-refractivity contribution in [3.05, 3.63) is 59.9 Å². The van der Waals surface area contributed by atoms with Gasteiger partial charge in [0.2, 0.25) is 0 Å². The van der Waals surface area contributed by atoms with Crippen LogP contribution in [0.15, 0.2) is 48.8 Å². The van der Waals surface area contributed by atoms with Gasteiger partial charge in [0.15, 0.2) is 0 Å². The van der Waals surface area contributed by atoms with Crippen molar-refractivity contribution >= 4 is 11.7 Å². The minimum atomic E-state index is 0.0290. The van der Waals surface area contributed by atoms with E-state index in [9.17, 15) is 4.79 Å². The maximum atomic E-state index is 12.8. The van der Waals surface area contributed by atoms with Crippen molar-refractivity contribution in [2.45, 2.75) is 39.2 Å². The molecule has 0 saturated carbocycles. The van der Waals surface area contributed by atoms with Crippen molar-refractivity contribution in [2.75, 3.05) is 31.1 Å². The number of nitrogens with one attached hydrogen (secondary N) is 1. The average molecular weight is 367 g/mol. The fraction of sp³-hybridized carbons (Fsp3) is 0.455. The van der Waals surface area contributed by atoms with Crippen LogP contribution in [0.3, 0.4) is 0 Å². The van der Waals surface area contributed by atoms with Crippen molar-refractivity contribution in [1.82, 2.24) is 15.2 Å². The zero-order valence-corrected chi connectivity index (χ0v) is 16.4. The van der Waals surface area contributed by atoms with Gasteiger partial charge < -0.3 is 15.1 Å². The number of rotatable bonds is 6. The highest BCUT2D eigenvalue weighted by Gasteiger charge is 2.23. The zero-order chi connectivity index (χ0) is 19.1. The molecule has 2 heterocycles. The molecular weight excluding hydrogens is 336 g/mol. The number of piperazine rings is 1. The van der Waals surface area contributed by atoms with Gasteiger partial charge in [-0.05, 0) is 37.1 Å². The molecule has 3 rings (SSSR count). The van der Waals surface area contributed by atoms with Crippen LogP contribution in [0.4, 0.5) is 10.5 Å². The molecule has 0 unspecified atom stereocenters. The van der Waals surface area contributed by atoms with E-state index in [0.717, 1.165) is 51.0 Å². The van der Waals surface area contributed by atoms with Crippen molar-refractivity contribution in [3.63, 3.8) is 0 Å². The lowest BCUT2D eigenvalue weighted by Gasteiger charge is -2.37. The number of urea groups is 1. The minimum absolute atomic E-state index is 0.0290. The molecule has 2 aromatic rings. The molecule has 1 aliphatic rings. The molecule has 0 aliphatic carbocycles. The van der Waals surface area contributed by atoms with Gasteiger partial charge in [-0.25, -0.2) is 4.79 Å². The van der Waals surface area contributed by atoms with Crippen LogP contribution < -0.4 is 10.2 Å². The fourth-order valence-electron chi connectivity index (χ4n) is 3.48. The van der Waals surface area contributed by atoms with Crippen molar-refractivity contribution in [2.24, 2.45) is 0 Å². The van der Waals surface area contributed by atoms with Gasteiger partial charge in [-0.2, -0.15) is 0 Å². The molecule has 1 saturated heterocycles. The molecule has 144 valence electrons. The summed E-state index contributed by atoms with van der Waals surface area (Å²) in [6.45, 7) is 7.49. The Morgan fingerprint density at radius 1 is 1.15 bits per heavy atom. The van der Waals surface area contributed by atoms with Gasteiger partial charge in [0.1, 0.15) is 0 Å². The first-order valence-corrected chi connectivity index (χ1v) is 9.94. The van der Waals surface area contributed by atoms with Crippen LogP contribution in [0.5, 0.6) is 0 Å². The van der Waals surface area contributed by atoms with E-state index >= 15 is 0 Å². The van der Waals surface area contributed by atoms with E-state index in [-0.39, 0.29) is 12.1 Å². The van der Waals surface area contributed by atoms with Crippen LogP contribution in [-0.2, 0) is 0 Å². The molecule has 0 radical (unpaired) electrons. The Labute approximate surface area is 162 Å². The van der Waals surface area contributed by atoms with E-state index < -0.39 is 0 Å². The second-order valence-electron chi connectivity index (χ2n) is 7.24. The number of carbonyl (C=O) groups excluding carboxylic acids is 1. The number of hydrogen-bond donors (Lipinski definition) is 1. The standard InChI is InChI=1S/C22H30N4O/c1-3-4-7-21(19-6-5-12-23-17-19)24-22(27)26-15-13-25(14-16-26)20-10-8-18(2)9-11-20/h5-6,8-12,17,21H,3-4,7,13-16H2,1-2H3,(H,24,27)/t21-/m0/s1. The molecular formula is C22H30N4O. The van der Waals surface area contributed by atoms with Gasteiger partial charge >= 0.3 is 6.03 Å². The Kier molecular flexibility index (Phi) is 6.69. The summed E-state index contributed by atoms with van der Waals surface area (Å²) in [7, 11) is 0. The number of amides is 2. The molecule has 2 amide bonds. The molecule has 1 N–H and O–H groups in total. The van der Waals surface area contributed by atoms with Crippen molar-refractivity contribution in [1.29, 1.82) is 0 Å². The number of pyridine rings is 1. The zero-order valence-electron chi connectivity index (χ0n) is 16.4. The summed E-state index contributed by atoms with van der Waals surface area (Å²) in [6.07, 6.45) is 6.77. The normalized spacial score (nSPS) is 15.5. The molecule has 1 aromatic heterocycles. The SMILES string of the molecule is CCCC[C@H](NC(=O)N1CCN(c2ccc(C)cc2)CC1)c1cccnc1. The van der Waals surface area contributed by atoms with E-state index in [1.807, 2.05) is 23.2 Å². The number of hydrogen-bond acceptors (Lipinski definition) is 3. The molecule has 1 aliphatic heterocycles. The number of aryl methyl sites for hydroxylation is 1. The lowest BCUT2D eigenvalue weighted by Crippen LogP contribution is -2.52. The van der Waals surface area contributed by atoms with Crippen LogP contribution in [0.1, 0.15) is 43.4 Å². The van der Waals surface area contributed by atoms with Gasteiger partial charge in [-0.3, -0.25) is 4.98 Å². The van der Waals surface area contributed by atoms with E-state index in [1.165, 1.54) is 11.3 Å². The average Bonchev–Trinajstić information content (AvgIpc) is 2.72. The number of anilines is 1. The largest absolute Gasteiger partial charge is 0.368 e. The van der Waals surface area contributed by atoms with Crippen molar-refractivity contribution < 1.29 is 4.79 Å². The Morgan fingerprint density at radius 2 is 1.89 bits per heavy atom. The van der Waals surface area contributed by atoms with E-state index in [4.69, 9.17) is 0 Å². The summed E-state index contributed by atoms with van der Waals surface area (Å²) in [5.74, 6) is 0. The smallest absolute Gasteiger partial charge is 0.318 e. The minimum Gasteiger partial charge on any atom is -0.368 e. The third-order valence-corrected chi connectivity index (χ3v) is 5.20. The number of nitrogens with zero attached hydrogens (tertiary/aromatic N) is 3. The molecule has 27 heavy (non-hydrogen) atoms. The maximum Gasteiger partial charge on any atom is 0.318 e. The first-order valence-electron chi connectivity index (χ1n) is 9.94. The van der Waals surface area contributed by atoms with Gasteiger partial charge in [0.25, 0.3) is 0 Å². The van der Waals surface area contributed by atoms with E-state index in [0.29, 0.717) is 0 Å². The summed E-state index contributed by atoms with van der Waals surface area (Å²) in [6, 6.07) is 12.6. The van der Waals surface area contributed by atoms with E-state index in [2.05, 4.69) is 53.3 Å². The molecule has 1 atom stereocenters. The Balaban J connectivity index is 1.56. The summed E-state index contributed by atoms with van der Waals surface area (Å²) < 4.78 is 0. The summed E-state index contributed by atoms with van der Waals surface area (Å²) in [5.41, 5.74) is 3.58. The monoisotopic (exact) mass is 366 g/mol. The van der Waals surface area contributed by atoms with Crippen LogP contribution >= 0.6 is 0 Å². The summed E-state index contributed by atoms with van der Waals surface area (Å²) >= 11 is 0. The predicted octanol–water partition coefficient (Wildman–Crippen LogP) is 4.15. The summed E-state index contributed by atoms with van der Waals surface area (Å²) in [4.78, 5) is 21.3. The van der Waals surface area contributed by atoms with Crippen molar-refractivity contribution in [3.8, 4) is 0 Å². The Hall–Kier alpha value is -2.56. The topological polar surface area (TPSA) is 48.5 Å². The predicted molar refractivity (Wildman–Crippen MR) is 110 cm³/mol. The number of benzene rings is 1. The highest BCUT2D eigenvalue weighted by atomic mass is 16.2. The number of unbranched alkanes of at least 4 members (excludes halogenated alkanes) is 1. The second kappa shape index (κ2) is 9.40. The Morgan fingerprint density at radius 3 is 2.52 bits per heavy atom. The van der Waals surface area contributed by atoms with Crippen LogP contribution in [-0.4, -0.2) is 42.1 Å². The quantitative estimate of drug-likeness (QED) is 0.835. The van der Waals surface area contributed by atoms with Gasteiger partial charge in [0.05, 0.1) is 6.04 Å². The highest BCUT2D eigenvalue weighted by molar-refractivity contribution is 5.75. The highest BCUT2D eigenvalue weighted by Crippen LogP contribution is 2.20. The van der Waals surface area contributed by atoms with Crippen LogP contribution in [0.25, 0.3) is 0 Å². The second-order valence-corrected chi connectivity index (χ2v) is 7.24. The Bertz CT molecular complexity index is 709. The van der Waals surface area contributed by atoms with Gasteiger partial charge in [-0.15, -0.1) is 0 Å². The molecule has 5 nitrogen and oxygen atoms in total.